The second-order valence-corrected chi connectivity index (χ2v) is 7.15. The summed E-state index contributed by atoms with van der Waals surface area (Å²) in [4.78, 5) is 4.88. The third-order valence-electron chi connectivity index (χ3n) is 5.18. The molecule has 0 saturated carbocycles. The van der Waals surface area contributed by atoms with Gasteiger partial charge in [0.1, 0.15) is 18.2 Å². The van der Waals surface area contributed by atoms with Gasteiger partial charge in [0.05, 0.1) is 38.9 Å². The smallest absolute Gasteiger partial charge is 0.203 e. The number of fused-ring (bicyclic) bond motifs is 1. The average Bonchev–Trinajstić information content (AvgIpc) is 3.18. The first kappa shape index (κ1) is 20.6. The minimum atomic E-state index is 0.515. The van der Waals surface area contributed by atoms with Crippen LogP contribution >= 0.6 is 0 Å². The molecule has 6 nitrogen and oxygen atoms in total. The number of hydrogen-bond acceptors (Lipinski definition) is 5. The maximum absolute atomic E-state index is 5.98. The zero-order valence-corrected chi connectivity index (χ0v) is 18.2. The Balaban J connectivity index is 1.72. The van der Waals surface area contributed by atoms with Crippen molar-refractivity contribution in [2.45, 2.75) is 13.5 Å². The maximum atomic E-state index is 5.98. The minimum Gasteiger partial charge on any atom is -0.493 e. The second kappa shape index (κ2) is 9.00. The average molecular weight is 418 g/mol. The van der Waals surface area contributed by atoms with E-state index in [0.29, 0.717) is 30.4 Å². The van der Waals surface area contributed by atoms with Crippen LogP contribution in [0.5, 0.6) is 23.0 Å². The van der Waals surface area contributed by atoms with Crippen molar-refractivity contribution in [2.24, 2.45) is 0 Å². The molecule has 6 heteroatoms. The molecule has 1 heterocycles. The molecule has 4 rings (SSSR count). The van der Waals surface area contributed by atoms with Crippen LogP contribution in [0.4, 0.5) is 0 Å². The molecular formula is C25H26N2O4. The Bertz CT molecular complexity index is 1160. The van der Waals surface area contributed by atoms with E-state index in [-0.39, 0.29) is 0 Å². The zero-order chi connectivity index (χ0) is 21.8. The molecule has 4 aromatic rings. The van der Waals surface area contributed by atoms with Crippen LogP contribution in [-0.4, -0.2) is 37.5 Å². The molecule has 160 valence electrons. The lowest BCUT2D eigenvalue weighted by atomic mass is 10.1. The van der Waals surface area contributed by atoms with Gasteiger partial charge in [-0.3, -0.25) is 0 Å². The molecule has 0 unspecified atom stereocenters. The summed E-state index contributed by atoms with van der Waals surface area (Å²) in [5.74, 6) is 3.40. The van der Waals surface area contributed by atoms with Crippen LogP contribution in [0.15, 0.2) is 60.7 Å². The van der Waals surface area contributed by atoms with Crippen molar-refractivity contribution in [3.05, 3.63) is 66.2 Å². The lowest BCUT2D eigenvalue weighted by molar-refractivity contribution is 0.300. The lowest BCUT2D eigenvalue weighted by Crippen LogP contribution is -2.09. The number of aromatic nitrogens is 2. The van der Waals surface area contributed by atoms with Gasteiger partial charge >= 0.3 is 0 Å². The van der Waals surface area contributed by atoms with Gasteiger partial charge in [-0.25, -0.2) is 4.98 Å². The summed E-state index contributed by atoms with van der Waals surface area (Å²) in [5.41, 5.74) is 4.04. The molecule has 0 bridgehead atoms. The van der Waals surface area contributed by atoms with E-state index in [1.54, 1.807) is 21.3 Å². The van der Waals surface area contributed by atoms with E-state index >= 15 is 0 Å². The van der Waals surface area contributed by atoms with E-state index in [0.717, 1.165) is 28.2 Å². The topological polar surface area (TPSA) is 54.7 Å². The minimum absolute atomic E-state index is 0.515. The van der Waals surface area contributed by atoms with E-state index in [2.05, 4.69) is 17.6 Å². The molecule has 3 aromatic carbocycles. The largest absolute Gasteiger partial charge is 0.493 e. The van der Waals surface area contributed by atoms with Gasteiger partial charge < -0.3 is 23.5 Å². The Morgan fingerprint density at radius 3 is 2.16 bits per heavy atom. The van der Waals surface area contributed by atoms with E-state index in [9.17, 15) is 0 Å². The number of aryl methyl sites for hydroxylation is 1. The molecular weight excluding hydrogens is 392 g/mol. The number of hydrogen-bond donors (Lipinski definition) is 0. The molecule has 0 amide bonds. The van der Waals surface area contributed by atoms with Gasteiger partial charge in [0.2, 0.25) is 5.75 Å². The van der Waals surface area contributed by atoms with Crippen LogP contribution in [0.25, 0.3) is 22.4 Å². The van der Waals surface area contributed by atoms with Crippen molar-refractivity contribution in [1.82, 2.24) is 9.55 Å². The second-order valence-electron chi connectivity index (χ2n) is 7.15. The Labute approximate surface area is 182 Å². The van der Waals surface area contributed by atoms with Crippen molar-refractivity contribution in [1.29, 1.82) is 0 Å². The Kier molecular flexibility index (Phi) is 5.98. The Hall–Kier alpha value is -3.67. The standard InChI is InChI=1S/C25H26N2O4/c1-17-9-11-19(12-10-17)31-14-13-27-21-8-6-5-7-20(21)26-25(27)18-15-22(28-2)24(30-4)23(16-18)29-3/h5-12,15-16H,13-14H2,1-4H3. The third-order valence-corrected chi connectivity index (χ3v) is 5.18. The summed E-state index contributed by atoms with van der Waals surface area (Å²) < 4.78 is 24.7. The zero-order valence-electron chi connectivity index (χ0n) is 18.2. The van der Waals surface area contributed by atoms with Crippen LogP contribution in [0.3, 0.4) is 0 Å². The van der Waals surface area contributed by atoms with E-state index < -0.39 is 0 Å². The highest BCUT2D eigenvalue weighted by molar-refractivity contribution is 5.81. The fraction of sp³-hybridized carbons (Fsp3) is 0.240. The van der Waals surface area contributed by atoms with Gasteiger partial charge in [-0.05, 0) is 43.3 Å². The summed E-state index contributed by atoms with van der Waals surface area (Å²) in [6.07, 6.45) is 0. The number of ether oxygens (including phenoxy) is 4. The van der Waals surface area contributed by atoms with Crippen LogP contribution < -0.4 is 18.9 Å². The molecule has 0 saturated heterocycles. The van der Waals surface area contributed by atoms with Gasteiger partial charge in [-0.2, -0.15) is 0 Å². The highest BCUT2D eigenvalue weighted by Crippen LogP contribution is 2.41. The fourth-order valence-electron chi connectivity index (χ4n) is 3.62. The van der Waals surface area contributed by atoms with Crippen LogP contribution in [0.2, 0.25) is 0 Å². The van der Waals surface area contributed by atoms with Gasteiger partial charge in [-0.1, -0.05) is 29.8 Å². The summed E-state index contributed by atoms with van der Waals surface area (Å²) in [6, 6.07) is 20.0. The van der Waals surface area contributed by atoms with Gasteiger partial charge in [-0.15, -0.1) is 0 Å². The highest BCUT2D eigenvalue weighted by atomic mass is 16.5. The van der Waals surface area contributed by atoms with Crippen LogP contribution in [0, 0.1) is 6.92 Å². The molecule has 0 N–H and O–H groups in total. The summed E-state index contributed by atoms with van der Waals surface area (Å²) in [6.45, 7) is 3.21. The SMILES string of the molecule is COc1cc(-c2nc3ccccc3n2CCOc2ccc(C)cc2)cc(OC)c1OC. The number of methoxy groups -OCH3 is 3. The van der Waals surface area contributed by atoms with Crippen molar-refractivity contribution >= 4 is 11.0 Å². The van der Waals surface area contributed by atoms with Crippen LogP contribution in [-0.2, 0) is 6.54 Å². The first-order valence-corrected chi connectivity index (χ1v) is 10.1. The lowest BCUT2D eigenvalue weighted by Gasteiger charge is -2.15. The van der Waals surface area contributed by atoms with Gasteiger partial charge in [0.25, 0.3) is 0 Å². The molecule has 0 spiro atoms. The molecule has 31 heavy (non-hydrogen) atoms. The number of rotatable bonds is 8. The molecule has 0 radical (unpaired) electrons. The quantitative estimate of drug-likeness (QED) is 0.398. The van der Waals surface area contributed by atoms with Crippen molar-refractivity contribution in [2.75, 3.05) is 27.9 Å². The predicted molar refractivity (Wildman–Crippen MR) is 121 cm³/mol. The molecule has 0 atom stereocenters. The Morgan fingerprint density at radius 2 is 1.52 bits per heavy atom. The van der Waals surface area contributed by atoms with Crippen molar-refractivity contribution in [3.8, 4) is 34.4 Å². The molecule has 0 aliphatic carbocycles. The van der Waals surface area contributed by atoms with E-state index in [4.69, 9.17) is 23.9 Å². The predicted octanol–water partition coefficient (Wildman–Crippen LogP) is 5.12. The molecule has 1 aromatic heterocycles. The van der Waals surface area contributed by atoms with Crippen molar-refractivity contribution < 1.29 is 18.9 Å². The summed E-state index contributed by atoms with van der Waals surface area (Å²) >= 11 is 0. The normalized spacial score (nSPS) is 10.8. The molecule has 0 fully saturated rings. The van der Waals surface area contributed by atoms with E-state index in [1.807, 2.05) is 54.6 Å². The number of nitrogens with zero attached hydrogens (tertiary/aromatic N) is 2. The third kappa shape index (κ3) is 4.14. The van der Waals surface area contributed by atoms with Gasteiger partial charge in [0, 0.05) is 5.56 Å². The fourth-order valence-corrected chi connectivity index (χ4v) is 3.62. The monoisotopic (exact) mass is 418 g/mol. The number of para-hydroxylation sites is 2. The maximum Gasteiger partial charge on any atom is 0.203 e. The highest BCUT2D eigenvalue weighted by Gasteiger charge is 2.18. The summed E-state index contributed by atoms with van der Waals surface area (Å²) in [7, 11) is 4.82. The summed E-state index contributed by atoms with van der Waals surface area (Å²) in [5, 5.41) is 0. The van der Waals surface area contributed by atoms with Gasteiger partial charge in [0.15, 0.2) is 11.5 Å². The first-order valence-electron chi connectivity index (χ1n) is 10.1. The van der Waals surface area contributed by atoms with E-state index in [1.165, 1.54) is 5.56 Å². The molecule has 0 aliphatic heterocycles. The van der Waals surface area contributed by atoms with Crippen molar-refractivity contribution in [3.63, 3.8) is 0 Å². The Morgan fingerprint density at radius 1 is 0.839 bits per heavy atom. The van der Waals surface area contributed by atoms with Crippen LogP contribution in [0.1, 0.15) is 5.56 Å². The first-order chi connectivity index (χ1) is 15.1. The number of imidazole rings is 1. The number of benzene rings is 3. The molecule has 0 aliphatic rings.